The Kier molecular flexibility index (Phi) is 3.83. The second kappa shape index (κ2) is 4.70. The van der Waals surface area contributed by atoms with Crippen molar-refractivity contribution in [1.29, 1.82) is 0 Å². The van der Waals surface area contributed by atoms with Gasteiger partial charge in [0.05, 0.1) is 12.7 Å². The summed E-state index contributed by atoms with van der Waals surface area (Å²) in [7, 11) is 2.14. The van der Waals surface area contributed by atoms with Gasteiger partial charge in [-0.3, -0.25) is 0 Å². The Balaban J connectivity index is 0.00000121. The van der Waals surface area contributed by atoms with Crippen molar-refractivity contribution in [2.75, 3.05) is 39.8 Å². The average molecular weight is 160 g/mol. The summed E-state index contributed by atoms with van der Waals surface area (Å²) in [5, 5.41) is 3.29. The first-order valence-corrected chi connectivity index (χ1v) is 4.33. The fourth-order valence-corrected chi connectivity index (χ4v) is 1.30. The number of ether oxygens (including phenoxy) is 1. The molecule has 1 aliphatic rings. The zero-order chi connectivity index (χ0) is 8.10. The molecule has 3 nitrogen and oxygen atoms in total. The smallest absolute Gasteiger partial charge is 0.0826 e. The van der Waals surface area contributed by atoms with E-state index in [1.54, 1.807) is 0 Å². The second-order valence-electron chi connectivity index (χ2n) is 3.06. The Labute approximate surface area is 70.2 Å². The lowest BCUT2D eigenvalue weighted by molar-refractivity contribution is -0.0178. The summed E-state index contributed by atoms with van der Waals surface area (Å²) < 4.78 is 5.55. The Bertz CT molecular complexity index is 113. The van der Waals surface area contributed by atoms with E-state index in [2.05, 4.69) is 24.2 Å². The lowest BCUT2D eigenvalue weighted by Gasteiger charge is -2.30. The number of morpholine rings is 1. The molecule has 1 atom stereocenters. The highest BCUT2D eigenvalue weighted by molar-refractivity contribution is 4.70. The molecular formula is C8H20N2O. The lowest BCUT2D eigenvalue weighted by atomic mass is 10.3. The van der Waals surface area contributed by atoms with Crippen LogP contribution < -0.4 is 5.32 Å². The largest absolute Gasteiger partial charge is 0.374 e. The van der Waals surface area contributed by atoms with Gasteiger partial charge in [-0.25, -0.2) is 0 Å². The van der Waals surface area contributed by atoms with E-state index in [1.165, 1.54) is 0 Å². The van der Waals surface area contributed by atoms with Crippen LogP contribution in [0.3, 0.4) is 0 Å². The molecule has 1 aliphatic heterocycles. The highest BCUT2D eigenvalue weighted by atomic mass is 16.5. The third-order valence-corrected chi connectivity index (χ3v) is 1.96. The van der Waals surface area contributed by atoms with Crippen molar-refractivity contribution < 1.29 is 6.16 Å². The molecule has 0 amide bonds. The van der Waals surface area contributed by atoms with Gasteiger partial charge in [-0.1, -0.05) is 6.92 Å². The maximum Gasteiger partial charge on any atom is 0.0826 e. The molecule has 3 heteroatoms. The van der Waals surface area contributed by atoms with E-state index in [9.17, 15) is 0 Å². The van der Waals surface area contributed by atoms with Crippen LogP contribution in [0.4, 0.5) is 0 Å². The molecule has 1 heterocycles. The molecule has 0 aromatic heterocycles. The van der Waals surface area contributed by atoms with Gasteiger partial charge >= 0.3 is 0 Å². The maximum absolute atomic E-state index is 5.55. The number of likely N-dealkylation sites (N-methyl/N-ethyl adjacent to an activating group) is 2. The standard InChI is InChI=1S/C8H18N2O.H2/c1-3-9-6-8-7-10(2)4-5-11-8;/h8-9H,3-7H2,1-2H3;1H/t8-;/m1./s1. The molecule has 1 rings (SSSR count). The monoisotopic (exact) mass is 160 g/mol. The molecule has 11 heavy (non-hydrogen) atoms. The van der Waals surface area contributed by atoms with E-state index in [0.717, 1.165) is 32.8 Å². The summed E-state index contributed by atoms with van der Waals surface area (Å²) in [5.41, 5.74) is 0. The fraction of sp³-hybridized carbons (Fsp3) is 1.00. The predicted molar refractivity (Wildman–Crippen MR) is 47.9 cm³/mol. The zero-order valence-electron chi connectivity index (χ0n) is 7.47. The van der Waals surface area contributed by atoms with Crippen molar-refractivity contribution >= 4 is 0 Å². The van der Waals surface area contributed by atoms with Crippen LogP contribution in [0.25, 0.3) is 0 Å². The third-order valence-electron chi connectivity index (χ3n) is 1.96. The quantitative estimate of drug-likeness (QED) is 0.637. The normalized spacial score (nSPS) is 27.3. The third kappa shape index (κ3) is 3.18. The van der Waals surface area contributed by atoms with Gasteiger partial charge < -0.3 is 15.0 Å². The van der Waals surface area contributed by atoms with Crippen LogP contribution in [0.15, 0.2) is 0 Å². The summed E-state index contributed by atoms with van der Waals surface area (Å²) in [6.45, 7) is 7.15. The van der Waals surface area contributed by atoms with E-state index in [1.807, 2.05) is 0 Å². The molecule has 0 aromatic carbocycles. The molecular weight excluding hydrogens is 140 g/mol. The van der Waals surface area contributed by atoms with Crippen LogP contribution in [0.1, 0.15) is 8.35 Å². The van der Waals surface area contributed by atoms with E-state index in [-0.39, 0.29) is 1.43 Å². The molecule has 0 unspecified atom stereocenters. The first kappa shape index (κ1) is 8.97. The van der Waals surface area contributed by atoms with Gasteiger partial charge in [-0.2, -0.15) is 0 Å². The average Bonchev–Trinajstić information content (AvgIpc) is 2.01. The molecule has 0 aliphatic carbocycles. The number of nitrogens with one attached hydrogen (secondary N) is 1. The number of hydrogen-bond acceptors (Lipinski definition) is 3. The predicted octanol–water partition coefficient (Wildman–Crippen LogP) is 0.173. The van der Waals surface area contributed by atoms with Crippen molar-refractivity contribution in [1.82, 2.24) is 10.2 Å². The van der Waals surface area contributed by atoms with Crippen LogP contribution in [0.5, 0.6) is 0 Å². The Morgan fingerprint density at radius 2 is 2.55 bits per heavy atom. The molecule has 68 valence electrons. The number of rotatable bonds is 3. The van der Waals surface area contributed by atoms with E-state index < -0.39 is 0 Å². The van der Waals surface area contributed by atoms with Crippen molar-refractivity contribution in [3.05, 3.63) is 0 Å². The van der Waals surface area contributed by atoms with Crippen molar-refractivity contribution in [2.24, 2.45) is 0 Å². The summed E-state index contributed by atoms with van der Waals surface area (Å²) in [5.74, 6) is 0. The highest BCUT2D eigenvalue weighted by Crippen LogP contribution is 2.00. The highest BCUT2D eigenvalue weighted by Gasteiger charge is 2.16. The zero-order valence-corrected chi connectivity index (χ0v) is 7.47. The van der Waals surface area contributed by atoms with Gasteiger partial charge in [0.25, 0.3) is 0 Å². The molecule has 0 aromatic rings. The molecule has 1 fully saturated rings. The fourth-order valence-electron chi connectivity index (χ4n) is 1.30. The van der Waals surface area contributed by atoms with E-state index in [4.69, 9.17) is 4.74 Å². The van der Waals surface area contributed by atoms with Crippen LogP contribution in [-0.2, 0) is 4.74 Å². The van der Waals surface area contributed by atoms with Crippen molar-refractivity contribution in [2.45, 2.75) is 13.0 Å². The minimum atomic E-state index is 0. The lowest BCUT2D eigenvalue weighted by Crippen LogP contribution is -2.44. The Morgan fingerprint density at radius 1 is 1.73 bits per heavy atom. The van der Waals surface area contributed by atoms with Gasteiger partial charge in [0.15, 0.2) is 0 Å². The van der Waals surface area contributed by atoms with Crippen LogP contribution >= 0.6 is 0 Å². The number of nitrogens with zero attached hydrogens (tertiary/aromatic N) is 1. The van der Waals surface area contributed by atoms with Gasteiger partial charge in [-0.15, -0.1) is 0 Å². The summed E-state index contributed by atoms with van der Waals surface area (Å²) >= 11 is 0. The van der Waals surface area contributed by atoms with Crippen molar-refractivity contribution in [3.8, 4) is 0 Å². The Hall–Kier alpha value is -0.120. The van der Waals surface area contributed by atoms with E-state index >= 15 is 0 Å². The van der Waals surface area contributed by atoms with Gasteiger partial charge in [0, 0.05) is 21.1 Å². The minimum absolute atomic E-state index is 0. The van der Waals surface area contributed by atoms with Crippen LogP contribution in [0, 0.1) is 0 Å². The second-order valence-corrected chi connectivity index (χ2v) is 3.06. The van der Waals surface area contributed by atoms with Crippen molar-refractivity contribution in [3.63, 3.8) is 0 Å². The summed E-state index contributed by atoms with van der Waals surface area (Å²) in [4.78, 5) is 2.31. The minimum Gasteiger partial charge on any atom is -0.374 e. The summed E-state index contributed by atoms with van der Waals surface area (Å²) in [6.07, 6.45) is 0.397. The SMILES string of the molecule is CCNC[C@@H]1CN(C)CCO1.[HH]. The van der Waals surface area contributed by atoms with Gasteiger partial charge in [0.2, 0.25) is 0 Å². The van der Waals surface area contributed by atoms with Crippen LogP contribution in [0.2, 0.25) is 0 Å². The van der Waals surface area contributed by atoms with Crippen LogP contribution in [-0.4, -0.2) is 50.8 Å². The first-order chi connectivity index (χ1) is 5.33. The molecule has 0 spiro atoms. The molecule has 1 N–H and O–H groups in total. The Morgan fingerprint density at radius 3 is 3.18 bits per heavy atom. The topological polar surface area (TPSA) is 24.5 Å². The maximum atomic E-state index is 5.55. The van der Waals surface area contributed by atoms with Gasteiger partial charge in [-0.05, 0) is 13.6 Å². The molecule has 1 saturated heterocycles. The van der Waals surface area contributed by atoms with Gasteiger partial charge in [0.1, 0.15) is 0 Å². The van der Waals surface area contributed by atoms with E-state index in [0.29, 0.717) is 6.10 Å². The molecule has 0 bridgehead atoms. The first-order valence-electron chi connectivity index (χ1n) is 4.33. The molecule has 0 radical (unpaired) electrons. The number of hydrogen-bond donors (Lipinski definition) is 1. The molecule has 0 saturated carbocycles. The summed E-state index contributed by atoms with van der Waals surface area (Å²) in [6, 6.07) is 0.